The zero-order valence-electron chi connectivity index (χ0n) is 43.5. The minimum absolute atomic E-state index is 0.0656. The molecule has 0 aliphatic carbocycles. The Labute approximate surface area is 452 Å². The Balaban J connectivity index is 1.22. The van der Waals surface area contributed by atoms with Crippen molar-refractivity contribution in [3.63, 3.8) is 0 Å². The van der Waals surface area contributed by atoms with Gasteiger partial charge < -0.3 is 52.2 Å². The van der Waals surface area contributed by atoms with E-state index in [9.17, 15) is 33.9 Å². The van der Waals surface area contributed by atoms with Gasteiger partial charge in [0.2, 0.25) is 0 Å². The van der Waals surface area contributed by atoms with Gasteiger partial charge in [-0.2, -0.15) is 0 Å². The molecule has 406 valence electrons. The van der Waals surface area contributed by atoms with Crippen LogP contribution in [-0.2, 0) is 47.1 Å². The predicted molar refractivity (Wildman–Crippen MR) is 283 cm³/mol. The third-order valence-electron chi connectivity index (χ3n) is 13.6. The zero-order chi connectivity index (χ0) is 55.4. The summed E-state index contributed by atoms with van der Waals surface area (Å²) >= 11 is 0. The van der Waals surface area contributed by atoms with E-state index in [4.69, 9.17) is 47.1 Å². The Morgan fingerprint density at radius 1 is 0.397 bits per heavy atom. The normalized spacial score (nSPS) is 23.2. The van der Waals surface area contributed by atoms with Gasteiger partial charge in [-0.3, -0.25) is 0 Å². The SMILES string of the molecule is CC(C)(C)[Si](C)(C)OC[C@H]1O[C@@H](OC[C@H]2O[C@H](O)[C@H](OC(=O)c3ccccc3)[C@@H](OC(=O)c3ccccc3)[C@@H]2OC(=O)c2ccccc2)[C@H](OC(=O)c2ccccc2)[C@@H](OC(=O)c2ccccc2)[C@H]1OC(=O)c1ccccc1. The first-order chi connectivity index (χ1) is 37.5. The molecule has 2 aliphatic heterocycles. The van der Waals surface area contributed by atoms with Gasteiger partial charge in [-0.15, -0.1) is 0 Å². The minimum atomic E-state index is -2.66. The van der Waals surface area contributed by atoms with Crippen molar-refractivity contribution in [1.29, 1.82) is 0 Å². The summed E-state index contributed by atoms with van der Waals surface area (Å²) in [5, 5.41) is 11.6. The van der Waals surface area contributed by atoms with Crippen LogP contribution in [0.5, 0.6) is 0 Å². The van der Waals surface area contributed by atoms with Crippen LogP contribution in [0.15, 0.2) is 182 Å². The molecular weight excluding hydrogens is 1020 g/mol. The Morgan fingerprint density at radius 3 is 0.987 bits per heavy atom. The van der Waals surface area contributed by atoms with E-state index in [2.05, 4.69) is 0 Å². The molecule has 2 aliphatic rings. The topological polar surface area (TPSA) is 215 Å². The monoisotopic (exact) mass is 1080 g/mol. The predicted octanol–water partition coefficient (Wildman–Crippen LogP) is 8.82. The molecular formula is C60H60O17Si. The Kier molecular flexibility index (Phi) is 18.5. The van der Waals surface area contributed by atoms with Gasteiger partial charge in [0.15, 0.2) is 57.5 Å². The maximum absolute atomic E-state index is 14.3. The second-order valence-electron chi connectivity index (χ2n) is 19.9. The summed E-state index contributed by atoms with van der Waals surface area (Å²) in [5.74, 6) is -5.45. The van der Waals surface area contributed by atoms with E-state index in [-0.39, 0.29) is 45.0 Å². The minimum Gasteiger partial charge on any atom is -0.452 e. The number of aliphatic hydroxyl groups excluding tert-OH is 1. The van der Waals surface area contributed by atoms with Crippen molar-refractivity contribution in [3.05, 3.63) is 215 Å². The molecule has 0 bridgehead atoms. The molecule has 0 radical (unpaired) electrons. The maximum Gasteiger partial charge on any atom is 0.338 e. The highest BCUT2D eigenvalue weighted by molar-refractivity contribution is 6.74. The van der Waals surface area contributed by atoms with E-state index < -0.39 is 112 Å². The van der Waals surface area contributed by atoms with Gasteiger partial charge >= 0.3 is 35.8 Å². The highest BCUT2D eigenvalue weighted by atomic mass is 28.4. The molecule has 0 aromatic heterocycles. The average Bonchev–Trinajstić information content (AvgIpc) is 3.50. The van der Waals surface area contributed by atoms with Gasteiger partial charge in [-0.1, -0.05) is 130 Å². The fourth-order valence-corrected chi connectivity index (χ4v) is 9.29. The summed E-state index contributed by atoms with van der Waals surface area (Å²) in [7, 11) is -2.66. The van der Waals surface area contributed by atoms with Crippen molar-refractivity contribution in [2.24, 2.45) is 0 Å². The highest BCUT2D eigenvalue weighted by Crippen LogP contribution is 2.39. The smallest absolute Gasteiger partial charge is 0.338 e. The van der Waals surface area contributed by atoms with Crippen LogP contribution in [0.2, 0.25) is 18.1 Å². The first-order valence-electron chi connectivity index (χ1n) is 25.3. The number of carbonyl (C=O) groups is 6. The molecule has 2 heterocycles. The third kappa shape index (κ3) is 14.0. The molecule has 18 heteroatoms. The van der Waals surface area contributed by atoms with Gasteiger partial charge in [-0.05, 0) is 90.9 Å². The maximum atomic E-state index is 14.3. The van der Waals surface area contributed by atoms with Gasteiger partial charge in [0, 0.05) is 0 Å². The molecule has 78 heavy (non-hydrogen) atoms. The fraction of sp³-hybridized carbons (Fsp3) is 0.300. The number of carbonyl (C=O) groups excluding carboxylic acids is 6. The lowest BCUT2D eigenvalue weighted by Crippen LogP contribution is -2.65. The molecule has 2 saturated heterocycles. The lowest BCUT2D eigenvalue weighted by molar-refractivity contribution is -0.322. The van der Waals surface area contributed by atoms with Crippen molar-refractivity contribution in [2.45, 2.75) is 100 Å². The number of rotatable bonds is 18. The van der Waals surface area contributed by atoms with Crippen LogP contribution >= 0.6 is 0 Å². The molecule has 2 fully saturated rings. The Morgan fingerprint density at radius 2 is 0.667 bits per heavy atom. The summed E-state index contributed by atoms with van der Waals surface area (Å²) in [5.41, 5.74) is 0.538. The van der Waals surface area contributed by atoms with E-state index in [1.165, 1.54) is 72.8 Å². The summed E-state index contributed by atoms with van der Waals surface area (Å²) in [4.78, 5) is 84.7. The summed E-state index contributed by atoms with van der Waals surface area (Å²) in [6, 6.07) is 47.5. The molecule has 8 rings (SSSR count). The van der Waals surface area contributed by atoms with Gasteiger partial charge in [0.25, 0.3) is 0 Å². The molecule has 0 amide bonds. The first kappa shape index (κ1) is 56.4. The Hall–Kier alpha value is -7.84. The number of hydrogen-bond acceptors (Lipinski definition) is 17. The Bertz CT molecular complexity index is 2960. The molecule has 0 spiro atoms. The summed E-state index contributed by atoms with van der Waals surface area (Å²) < 4.78 is 63.1. The second kappa shape index (κ2) is 25.5. The fourth-order valence-electron chi connectivity index (χ4n) is 8.27. The summed E-state index contributed by atoms with van der Waals surface area (Å²) in [6.07, 6.45) is -17.1. The lowest BCUT2D eigenvalue weighted by atomic mass is 9.96. The van der Waals surface area contributed by atoms with Crippen LogP contribution in [0.25, 0.3) is 0 Å². The van der Waals surface area contributed by atoms with E-state index in [0.717, 1.165) is 0 Å². The molecule has 6 aromatic rings. The first-order valence-corrected chi connectivity index (χ1v) is 28.2. The molecule has 6 aromatic carbocycles. The van der Waals surface area contributed by atoms with Crippen LogP contribution in [0.3, 0.4) is 0 Å². The van der Waals surface area contributed by atoms with E-state index in [1.54, 1.807) is 109 Å². The van der Waals surface area contributed by atoms with Crippen LogP contribution in [0.4, 0.5) is 0 Å². The van der Waals surface area contributed by atoms with Crippen molar-refractivity contribution >= 4 is 44.1 Å². The van der Waals surface area contributed by atoms with Gasteiger partial charge in [0.05, 0.1) is 46.6 Å². The number of aliphatic hydroxyl groups is 1. The van der Waals surface area contributed by atoms with E-state index >= 15 is 0 Å². The van der Waals surface area contributed by atoms with Crippen LogP contribution in [0, 0.1) is 0 Å². The van der Waals surface area contributed by atoms with Gasteiger partial charge in [-0.25, -0.2) is 28.8 Å². The molecule has 17 nitrogen and oxygen atoms in total. The zero-order valence-corrected chi connectivity index (χ0v) is 44.5. The van der Waals surface area contributed by atoms with Crippen LogP contribution in [0.1, 0.15) is 82.9 Å². The third-order valence-corrected chi connectivity index (χ3v) is 18.1. The lowest BCUT2D eigenvalue weighted by Gasteiger charge is -2.47. The summed E-state index contributed by atoms with van der Waals surface area (Å²) in [6.45, 7) is 9.10. The van der Waals surface area contributed by atoms with Gasteiger partial charge in [0.1, 0.15) is 12.2 Å². The van der Waals surface area contributed by atoms with Crippen LogP contribution < -0.4 is 0 Å². The largest absolute Gasteiger partial charge is 0.452 e. The highest BCUT2D eigenvalue weighted by Gasteiger charge is 2.56. The van der Waals surface area contributed by atoms with E-state index in [1.807, 2.05) is 33.9 Å². The average molecular weight is 1080 g/mol. The number of esters is 6. The molecule has 0 unspecified atom stereocenters. The van der Waals surface area contributed by atoms with E-state index in [0.29, 0.717) is 0 Å². The van der Waals surface area contributed by atoms with Crippen molar-refractivity contribution in [1.82, 2.24) is 0 Å². The van der Waals surface area contributed by atoms with Crippen molar-refractivity contribution < 1.29 is 80.9 Å². The second-order valence-corrected chi connectivity index (χ2v) is 24.7. The molecule has 0 saturated carbocycles. The van der Waals surface area contributed by atoms with Crippen LogP contribution in [-0.4, -0.2) is 124 Å². The quantitative estimate of drug-likeness (QED) is 0.0483. The standard InChI is InChI=1S/C60H60O17Si/c1-60(2,3)78(4,5)69-37-45-47(73-53(62)39-26-14-7-15-27-39)49(75-55(64)41-30-18-9-19-31-41)51(77-57(66)43-34-22-11-23-35-43)59(71-45)68-36-44-46(72-52(61)38-24-12-6-13-25-38)48(74-54(63)40-28-16-8-17-29-40)50(58(67)70-44)76-56(65)42-32-20-10-21-33-42/h6-35,44-51,58-59,67H,36-37H2,1-5H3/t44-,45-,46-,47+,48+,49+,50-,51-,58+,59-/m1/s1. The number of benzene rings is 6. The molecule has 1 N–H and O–H groups in total. The number of ether oxygens (including phenoxy) is 9. The number of hydrogen-bond donors (Lipinski definition) is 1. The van der Waals surface area contributed by atoms with Crippen molar-refractivity contribution in [2.75, 3.05) is 13.2 Å². The van der Waals surface area contributed by atoms with Crippen molar-refractivity contribution in [3.8, 4) is 0 Å². The molecule has 10 atom stereocenters.